The first-order valence-corrected chi connectivity index (χ1v) is 6.33. The first kappa shape index (κ1) is 11.7. The van der Waals surface area contributed by atoms with Gasteiger partial charge in [-0.3, -0.25) is 0 Å². The molecule has 1 heterocycles. The van der Waals surface area contributed by atoms with Gasteiger partial charge in [-0.05, 0) is 49.1 Å². The zero-order valence-corrected chi connectivity index (χ0v) is 10.2. The van der Waals surface area contributed by atoms with E-state index in [-0.39, 0.29) is 0 Å². The summed E-state index contributed by atoms with van der Waals surface area (Å²) in [6, 6.07) is 4.06. The molecule has 0 bridgehead atoms. The highest BCUT2D eigenvalue weighted by atomic mass is 35.5. The van der Waals surface area contributed by atoms with Crippen LogP contribution >= 0.6 is 11.6 Å². The molecule has 0 saturated carbocycles. The molecule has 1 aromatic rings. The summed E-state index contributed by atoms with van der Waals surface area (Å²) in [5.74, 6) is 1.08. The van der Waals surface area contributed by atoms with Crippen LogP contribution in [0.5, 0.6) is 5.75 Å². The van der Waals surface area contributed by atoms with Crippen molar-refractivity contribution in [2.24, 2.45) is 5.73 Å². The Hall–Kier alpha value is -0.730. The molecular weight excluding hydrogens is 222 g/mol. The van der Waals surface area contributed by atoms with Crippen LogP contribution in [-0.2, 0) is 12.8 Å². The average molecular weight is 240 g/mol. The summed E-state index contributed by atoms with van der Waals surface area (Å²) in [5.41, 5.74) is 8.00. The minimum Gasteiger partial charge on any atom is -0.493 e. The van der Waals surface area contributed by atoms with Crippen molar-refractivity contribution >= 4 is 11.6 Å². The van der Waals surface area contributed by atoms with E-state index in [9.17, 15) is 0 Å². The average Bonchev–Trinajstić information content (AvgIpc) is 2.72. The molecule has 1 aliphatic heterocycles. The van der Waals surface area contributed by atoms with E-state index < -0.39 is 0 Å². The minimum atomic E-state index is 0.782. The van der Waals surface area contributed by atoms with Crippen LogP contribution in [-0.4, -0.2) is 13.2 Å². The van der Waals surface area contributed by atoms with Crippen molar-refractivity contribution < 1.29 is 4.74 Å². The van der Waals surface area contributed by atoms with E-state index in [1.54, 1.807) is 0 Å². The molecule has 2 nitrogen and oxygen atoms in total. The van der Waals surface area contributed by atoms with Gasteiger partial charge in [0.1, 0.15) is 5.75 Å². The van der Waals surface area contributed by atoms with Gasteiger partial charge >= 0.3 is 0 Å². The van der Waals surface area contributed by atoms with Crippen LogP contribution in [0.1, 0.15) is 30.4 Å². The van der Waals surface area contributed by atoms with Gasteiger partial charge in [0.15, 0.2) is 0 Å². The van der Waals surface area contributed by atoms with Crippen LogP contribution in [0.2, 0.25) is 5.02 Å². The van der Waals surface area contributed by atoms with Gasteiger partial charge in [-0.15, -0.1) is 0 Å². The third-order valence-corrected chi connectivity index (χ3v) is 3.19. The molecule has 0 aromatic heterocycles. The fourth-order valence-corrected chi connectivity index (χ4v) is 2.43. The maximum absolute atomic E-state index is 6.09. The van der Waals surface area contributed by atoms with Crippen molar-refractivity contribution in [3.63, 3.8) is 0 Å². The smallest absolute Gasteiger partial charge is 0.125 e. The molecule has 0 spiro atoms. The fraction of sp³-hybridized carbons (Fsp3) is 0.538. The normalized spacial score (nSPS) is 13.6. The van der Waals surface area contributed by atoms with E-state index >= 15 is 0 Å². The summed E-state index contributed by atoms with van der Waals surface area (Å²) < 4.78 is 5.66. The summed E-state index contributed by atoms with van der Waals surface area (Å²) in [6.45, 7) is 1.58. The number of aryl methyl sites for hydroxylation is 1. The van der Waals surface area contributed by atoms with E-state index in [2.05, 4.69) is 0 Å². The van der Waals surface area contributed by atoms with E-state index in [1.807, 2.05) is 12.1 Å². The number of fused-ring (bicyclic) bond motifs is 1. The summed E-state index contributed by atoms with van der Waals surface area (Å²) in [5, 5.41) is 0.832. The summed E-state index contributed by atoms with van der Waals surface area (Å²) in [7, 11) is 0. The first-order chi connectivity index (χ1) is 7.81. The van der Waals surface area contributed by atoms with Crippen LogP contribution in [0.25, 0.3) is 0 Å². The molecule has 1 aliphatic rings. The number of hydrogen-bond donors (Lipinski definition) is 1. The molecule has 88 valence electrons. The predicted molar refractivity (Wildman–Crippen MR) is 67.3 cm³/mol. The Morgan fingerprint density at radius 3 is 2.94 bits per heavy atom. The molecule has 0 fully saturated rings. The van der Waals surface area contributed by atoms with Gasteiger partial charge in [0, 0.05) is 11.4 Å². The highest BCUT2D eigenvalue weighted by Crippen LogP contribution is 2.33. The molecule has 2 N–H and O–H groups in total. The number of benzene rings is 1. The maximum atomic E-state index is 6.09. The second-order valence-electron chi connectivity index (χ2n) is 4.25. The second-order valence-corrected chi connectivity index (χ2v) is 4.69. The molecule has 2 rings (SSSR count). The third-order valence-electron chi connectivity index (χ3n) is 2.98. The van der Waals surface area contributed by atoms with Crippen molar-refractivity contribution in [2.45, 2.75) is 32.1 Å². The second kappa shape index (κ2) is 5.55. The standard InChI is InChI=1S/C13H18ClNO/c14-12-8-10(4-2-1-3-6-15)13-11(9-12)5-7-16-13/h8-9H,1-7,15H2. The zero-order chi connectivity index (χ0) is 11.4. The predicted octanol–water partition coefficient (Wildman–Crippen LogP) is 2.95. The van der Waals surface area contributed by atoms with Gasteiger partial charge in [0.25, 0.3) is 0 Å². The highest BCUT2D eigenvalue weighted by Gasteiger charge is 2.16. The van der Waals surface area contributed by atoms with Crippen molar-refractivity contribution in [1.29, 1.82) is 0 Å². The van der Waals surface area contributed by atoms with E-state index in [0.29, 0.717) is 0 Å². The molecule has 16 heavy (non-hydrogen) atoms. The molecule has 0 amide bonds. The summed E-state index contributed by atoms with van der Waals surface area (Å²) >= 11 is 6.09. The topological polar surface area (TPSA) is 35.2 Å². The third kappa shape index (κ3) is 2.69. The molecular formula is C13H18ClNO. The molecule has 0 atom stereocenters. The zero-order valence-electron chi connectivity index (χ0n) is 9.47. The van der Waals surface area contributed by atoms with Crippen LogP contribution in [0.3, 0.4) is 0 Å². The van der Waals surface area contributed by atoms with Crippen molar-refractivity contribution in [3.05, 3.63) is 28.3 Å². The van der Waals surface area contributed by atoms with Crippen LogP contribution in [0.4, 0.5) is 0 Å². The van der Waals surface area contributed by atoms with Gasteiger partial charge < -0.3 is 10.5 Å². The van der Waals surface area contributed by atoms with Gasteiger partial charge in [-0.2, -0.15) is 0 Å². The lowest BCUT2D eigenvalue weighted by molar-refractivity contribution is 0.353. The van der Waals surface area contributed by atoms with Crippen LogP contribution in [0.15, 0.2) is 12.1 Å². The first-order valence-electron chi connectivity index (χ1n) is 5.95. The molecule has 3 heteroatoms. The molecule has 1 aromatic carbocycles. The van der Waals surface area contributed by atoms with Crippen LogP contribution < -0.4 is 10.5 Å². The number of rotatable bonds is 5. The maximum Gasteiger partial charge on any atom is 0.125 e. The number of halogens is 1. The van der Waals surface area contributed by atoms with Gasteiger partial charge in [0.05, 0.1) is 6.61 Å². The minimum absolute atomic E-state index is 0.782. The van der Waals surface area contributed by atoms with E-state index in [1.165, 1.54) is 17.5 Å². The largest absolute Gasteiger partial charge is 0.493 e. The Morgan fingerprint density at radius 1 is 1.25 bits per heavy atom. The highest BCUT2D eigenvalue weighted by molar-refractivity contribution is 6.30. The SMILES string of the molecule is NCCCCCc1cc(Cl)cc2c1OCC2. The van der Waals surface area contributed by atoms with Gasteiger partial charge in [0.2, 0.25) is 0 Å². The lowest BCUT2D eigenvalue weighted by Gasteiger charge is -2.08. The number of hydrogen-bond acceptors (Lipinski definition) is 2. The molecule has 0 radical (unpaired) electrons. The number of unbranched alkanes of at least 4 members (excludes halogenated alkanes) is 2. The Balaban J connectivity index is 2.03. The lowest BCUT2D eigenvalue weighted by atomic mass is 10.0. The van der Waals surface area contributed by atoms with Crippen molar-refractivity contribution in [2.75, 3.05) is 13.2 Å². The Morgan fingerprint density at radius 2 is 2.12 bits per heavy atom. The fourth-order valence-electron chi connectivity index (χ4n) is 2.17. The monoisotopic (exact) mass is 239 g/mol. The summed E-state index contributed by atoms with van der Waals surface area (Å²) in [6.07, 6.45) is 5.48. The molecule has 0 aliphatic carbocycles. The van der Waals surface area contributed by atoms with E-state index in [0.717, 1.165) is 49.6 Å². The quantitative estimate of drug-likeness (QED) is 0.802. The lowest BCUT2D eigenvalue weighted by Crippen LogP contribution is -1.99. The van der Waals surface area contributed by atoms with E-state index in [4.69, 9.17) is 22.1 Å². The Bertz CT molecular complexity index is 365. The van der Waals surface area contributed by atoms with Crippen molar-refractivity contribution in [3.8, 4) is 5.75 Å². The van der Waals surface area contributed by atoms with Gasteiger partial charge in [-0.25, -0.2) is 0 Å². The Labute approximate surface area is 102 Å². The summed E-state index contributed by atoms with van der Waals surface area (Å²) in [4.78, 5) is 0. The van der Waals surface area contributed by atoms with Gasteiger partial charge in [-0.1, -0.05) is 18.0 Å². The van der Waals surface area contributed by atoms with Crippen molar-refractivity contribution in [1.82, 2.24) is 0 Å². The number of ether oxygens (including phenoxy) is 1. The molecule has 0 saturated heterocycles. The Kier molecular flexibility index (Phi) is 4.08. The number of nitrogens with two attached hydrogens (primary N) is 1. The molecule has 0 unspecified atom stereocenters. The van der Waals surface area contributed by atoms with Crippen LogP contribution in [0, 0.1) is 0 Å².